The van der Waals surface area contributed by atoms with Crippen LogP contribution < -0.4 is 18.9 Å². The molecule has 8 heterocycles. The molecule has 0 atom stereocenters. The molecule has 2 amide bonds. The van der Waals surface area contributed by atoms with Gasteiger partial charge in [0.05, 0.1) is 54.1 Å². The van der Waals surface area contributed by atoms with Crippen LogP contribution in [0, 0.1) is 0 Å². The number of methoxy groups -OCH3 is 2. The highest BCUT2D eigenvalue weighted by atomic mass is 32.1. The molecule has 68 heavy (non-hydrogen) atoms. The lowest BCUT2D eigenvalue weighted by molar-refractivity contribution is 0.0614. The van der Waals surface area contributed by atoms with Crippen LogP contribution in [0.4, 0.5) is 0 Å². The SMILES string of the molecule is COc1cc2c(cc1-c1ccn(C)n1)-c1c(c(C(=O)N(C)C(C)(C)Cc3cc(-c4cc5c(cc4OC)OCc4c(C(=O)N(C)C(C)(C)C)nn(-c6ccsc6)c4-5)n(C)n3)nn1-c1ccsc1)CO2. The summed E-state index contributed by atoms with van der Waals surface area (Å²) < 4.78 is 31.8. The molecule has 2 aliphatic heterocycles. The van der Waals surface area contributed by atoms with Crippen molar-refractivity contribution in [3.8, 4) is 79.4 Å². The zero-order valence-corrected chi connectivity index (χ0v) is 41.5. The Morgan fingerprint density at radius 1 is 0.691 bits per heavy atom. The Morgan fingerprint density at radius 3 is 1.71 bits per heavy atom. The van der Waals surface area contributed by atoms with Crippen molar-refractivity contribution < 1.29 is 28.5 Å². The molecule has 0 saturated heterocycles. The molecule has 2 aromatic carbocycles. The summed E-state index contributed by atoms with van der Waals surface area (Å²) in [7, 11) is 10.6. The number of aryl methyl sites for hydroxylation is 2. The smallest absolute Gasteiger partial charge is 0.275 e. The minimum absolute atomic E-state index is 0.145. The summed E-state index contributed by atoms with van der Waals surface area (Å²) in [6.07, 6.45) is 2.30. The van der Waals surface area contributed by atoms with E-state index in [0.717, 1.165) is 62.1 Å². The van der Waals surface area contributed by atoms with Gasteiger partial charge in [0.15, 0.2) is 11.4 Å². The van der Waals surface area contributed by atoms with Gasteiger partial charge in [-0.15, -0.1) is 0 Å². The first-order valence-electron chi connectivity index (χ1n) is 22.1. The van der Waals surface area contributed by atoms with Gasteiger partial charge in [0.2, 0.25) is 0 Å². The van der Waals surface area contributed by atoms with Crippen molar-refractivity contribution in [2.24, 2.45) is 14.1 Å². The third-order valence-electron chi connectivity index (χ3n) is 13.1. The predicted molar refractivity (Wildman–Crippen MR) is 262 cm³/mol. The number of aromatic nitrogens is 8. The molecule has 0 radical (unpaired) electrons. The van der Waals surface area contributed by atoms with Gasteiger partial charge in [0, 0.05) is 108 Å². The lowest BCUT2D eigenvalue weighted by Crippen LogP contribution is -2.47. The summed E-state index contributed by atoms with van der Waals surface area (Å²) in [5.41, 5.74) is 9.61. The molecular formula is C50H52N10O6S2. The zero-order valence-electron chi connectivity index (χ0n) is 39.9. The van der Waals surface area contributed by atoms with Crippen molar-refractivity contribution in [3.63, 3.8) is 0 Å². The first-order chi connectivity index (χ1) is 32.5. The number of ether oxygens (including phenoxy) is 4. The fraction of sp³-hybridized carbons (Fsp3) is 0.320. The molecule has 18 heteroatoms. The maximum atomic E-state index is 14.9. The van der Waals surface area contributed by atoms with Crippen LogP contribution in [0.25, 0.3) is 56.4 Å². The van der Waals surface area contributed by atoms with Crippen molar-refractivity contribution in [2.75, 3.05) is 28.3 Å². The average molecular weight is 953 g/mol. The molecule has 0 spiro atoms. The van der Waals surface area contributed by atoms with Gasteiger partial charge in [-0.3, -0.25) is 19.0 Å². The third kappa shape index (κ3) is 7.42. The number of carbonyl (C=O) groups excluding carboxylic acids is 2. The number of hydrogen-bond acceptors (Lipinski definition) is 12. The van der Waals surface area contributed by atoms with Crippen LogP contribution in [0.15, 0.2) is 76.2 Å². The van der Waals surface area contributed by atoms with E-state index in [1.165, 1.54) is 0 Å². The molecule has 0 N–H and O–H groups in total. The summed E-state index contributed by atoms with van der Waals surface area (Å²) in [6, 6.07) is 15.7. The van der Waals surface area contributed by atoms with Gasteiger partial charge in [-0.2, -0.15) is 43.1 Å². The van der Waals surface area contributed by atoms with Crippen LogP contribution >= 0.6 is 22.7 Å². The average Bonchev–Trinajstić information content (AvgIpc) is 4.19. The van der Waals surface area contributed by atoms with Crippen molar-refractivity contribution >= 4 is 34.5 Å². The van der Waals surface area contributed by atoms with Crippen molar-refractivity contribution in [3.05, 3.63) is 104 Å². The van der Waals surface area contributed by atoms with E-state index in [1.54, 1.807) is 58.4 Å². The number of nitrogens with zero attached hydrogens (tertiary/aromatic N) is 10. The Bertz CT molecular complexity index is 3260. The van der Waals surface area contributed by atoms with Crippen LogP contribution in [-0.4, -0.2) is 100 Å². The molecule has 0 aliphatic carbocycles. The summed E-state index contributed by atoms with van der Waals surface area (Å²) in [6.45, 7) is 10.4. The maximum absolute atomic E-state index is 14.9. The summed E-state index contributed by atoms with van der Waals surface area (Å²) >= 11 is 3.11. The van der Waals surface area contributed by atoms with Gasteiger partial charge < -0.3 is 28.7 Å². The van der Waals surface area contributed by atoms with Gasteiger partial charge in [0.25, 0.3) is 11.8 Å². The van der Waals surface area contributed by atoms with Gasteiger partial charge in [0.1, 0.15) is 36.2 Å². The highest BCUT2D eigenvalue weighted by Gasteiger charge is 2.38. The second-order valence-corrected chi connectivity index (χ2v) is 20.3. The van der Waals surface area contributed by atoms with Gasteiger partial charge in [-0.25, -0.2) is 9.36 Å². The van der Waals surface area contributed by atoms with Gasteiger partial charge in [-0.1, -0.05) is 0 Å². The molecule has 6 aromatic heterocycles. The molecule has 16 nitrogen and oxygen atoms in total. The number of rotatable bonds is 11. The van der Waals surface area contributed by atoms with Crippen LogP contribution in [0.2, 0.25) is 0 Å². The predicted octanol–water partition coefficient (Wildman–Crippen LogP) is 9.08. The Labute approximate surface area is 401 Å². The summed E-state index contributed by atoms with van der Waals surface area (Å²) in [4.78, 5) is 32.4. The molecule has 0 saturated carbocycles. The van der Waals surface area contributed by atoms with E-state index in [2.05, 4.69) is 5.10 Å². The highest BCUT2D eigenvalue weighted by Crippen LogP contribution is 2.48. The standard InChI is InChI=1S/C50H52N10O6S2/c1-49(2,3)56(7)47(61)43-35-24-66-42-22-40(64-11)32(20-34(42)46(35)60(53-43)30-14-17-68-27-30)38-18-28(51-58(38)9)23-50(4,5)57(8)48(62)44-36-25-65-41-21-39(63-10)31(37-12-15-55(6)52-37)19-33(41)45(36)59(54-44)29-13-16-67-26-29/h12-22,26-27H,23-25H2,1-11H3. The van der Waals surface area contributed by atoms with Crippen LogP contribution in [0.5, 0.6) is 23.0 Å². The molecule has 8 aromatic rings. The normalized spacial score (nSPS) is 12.9. The fourth-order valence-corrected chi connectivity index (χ4v) is 10.1. The number of amides is 2. The highest BCUT2D eigenvalue weighted by molar-refractivity contribution is 7.08. The molecule has 0 fully saturated rings. The molecular weight excluding hydrogens is 901 g/mol. The number of carbonyl (C=O) groups is 2. The summed E-state index contributed by atoms with van der Waals surface area (Å²) in [5, 5.41) is 27.6. The second kappa shape index (κ2) is 16.6. The molecule has 0 unspecified atom stereocenters. The van der Waals surface area contributed by atoms with Gasteiger partial charge in [-0.05, 0) is 81.8 Å². The zero-order chi connectivity index (χ0) is 48.0. The van der Waals surface area contributed by atoms with Crippen molar-refractivity contribution in [2.45, 2.75) is 65.3 Å². The lowest BCUT2D eigenvalue weighted by atomic mass is 9.94. The topological polar surface area (TPSA) is 149 Å². The monoisotopic (exact) mass is 952 g/mol. The number of benzene rings is 2. The Balaban J connectivity index is 0.989. The fourth-order valence-electron chi connectivity index (χ4n) is 8.85. The van der Waals surface area contributed by atoms with Crippen molar-refractivity contribution in [1.82, 2.24) is 48.9 Å². The second-order valence-electron chi connectivity index (χ2n) is 18.7. The number of thiophene rings is 2. The number of fused-ring (bicyclic) bond motifs is 6. The lowest BCUT2D eigenvalue weighted by Gasteiger charge is -2.35. The minimum atomic E-state index is -0.729. The maximum Gasteiger partial charge on any atom is 0.275 e. The van der Waals surface area contributed by atoms with E-state index in [-0.39, 0.29) is 25.0 Å². The Morgan fingerprint density at radius 2 is 1.22 bits per heavy atom. The van der Waals surface area contributed by atoms with E-state index in [0.29, 0.717) is 51.9 Å². The first kappa shape index (κ1) is 44.6. The molecule has 10 rings (SSSR count). The number of hydrogen-bond donors (Lipinski definition) is 0. The minimum Gasteiger partial charge on any atom is -0.496 e. The Kier molecular flexibility index (Phi) is 10.9. The first-order valence-corrected chi connectivity index (χ1v) is 23.9. The van der Waals surface area contributed by atoms with E-state index in [1.807, 2.05) is 146 Å². The quantitative estimate of drug-likeness (QED) is 0.123. The van der Waals surface area contributed by atoms with E-state index < -0.39 is 11.1 Å². The van der Waals surface area contributed by atoms with E-state index in [9.17, 15) is 9.59 Å². The van der Waals surface area contributed by atoms with E-state index in [4.69, 9.17) is 34.2 Å². The molecule has 0 bridgehead atoms. The van der Waals surface area contributed by atoms with Crippen LogP contribution in [0.3, 0.4) is 0 Å². The van der Waals surface area contributed by atoms with Crippen LogP contribution in [-0.2, 0) is 33.7 Å². The summed E-state index contributed by atoms with van der Waals surface area (Å²) in [5.74, 6) is 2.04. The Hall–Kier alpha value is -7.18. The van der Waals surface area contributed by atoms with Gasteiger partial charge >= 0.3 is 0 Å². The van der Waals surface area contributed by atoms with E-state index >= 15 is 0 Å². The largest absolute Gasteiger partial charge is 0.496 e. The third-order valence-corrected chi connectivity index (χ3v) is 14.4. The molecule has 350 valence electrons. The van der Waals surface area contributed by atoms with Crippen LogP contribution in [0.1, 0.15) is 72.4 Å². The molecule has 2 aliphatic rings. The van der Waals surface area contributed by atoms with Crippen molar-refractivity contribution in [1.29, 1.82) is 0 Å². The number of likely N-dealkylation sites (N-methyl/N-ethyl adjacent to an activating group) is 1.